The molecule has 0 atom stereocenters. The second-order valence-corrected chi connectivity index (χ2v) is 5.43. The fourth-order valence-corrected chi connectivity index (χ4v) is 3.09. The average Bonchev–Trinajstić information content (AvgIpc) is 3.01. The molecule has 0 unspecified atom stereocenters. The number of nitrogens with zero attached hydrogens (tertiary/aromatic N) is 2. The average molecular weight is 259 g/mol. The van der Waals surface area contributed by atoms with Crippen LogP contribution in [0.15, 0.2) is 24.3 Å². The molecule has 0 spiro atoms. The van der Waals surface area contributed by atoms with Crippen molar-refractivity contribution in [3.63, 3.8) is 0 Å². The molecule has 0 amide bonds. The Hall–Kier alpha value is -1.39. The molecule has 2 N–H and O–H groups in total. The van der Waals surface area contributed by atoms with Gasteiger partial charge < -0.3 is 15.0 Å². The summed E-state index contributed by atoms with van der Waals surface area (Å²) < 4.78 is 7.47. The van der Waals surface area contributed by atoms with Crippen molar-refractivity contribution < 1.29 is 4.74 Å². The molecule has 1 aliphatic carbocycles. The van der Waals surface area contributed by atoms with Crippen molar-refractivity contribution in [2.75, 3.05) is 13.7 Å². The standard InChI is InChI=1S/C15H21N3O/c1-19-11-10-18-13-7-3-2-6-12(13)17-14(18)15(16)8-4-5-9-15/h2-3,6-7H,4-5,8-11,16H2,1H3. The van der Waals surface area contributed by atoms with E-state index in [0.717, 1.165) is 36.2 Å². The Morgan fingerprint density at radius 3 is 2.79 bits per heavy atom. The number of benzene rings is 1. The minimum Gasteiger partial charge on any atom is -0.383 e. The Balaban J connectivity index is 2.11. The van der Waals surface area contributed by atoms with Crippen LogP contribution in [0.5, 0.6) is 0 Å². The van der Waals surface area contributed by atoms with Gasteiger partial charge in [-0.2, -0.15) is 0 Å². The zero-order valence-corrected chi connectivity index (χ0v) is 11.4. The van der Waals surface area contributed by atoms with Gasteiger partial charge in [0.1, 0.15) is 5.82 Å². The van der Waals surface area contributed by atoms with Crippen LogP contribution in [0.1, 0.15) is 31.5 Å². The molecule has 0 saturated heterocycles. The number of nitrogens with two attached hydrogens (primary N) is 1. The fraction of sp³-hybridized carbons (Fsp3) is 0.533. The molecule has 4 nitrogen and oxygen atoms in total. The van der Waals surface area contributed by atoms with Crippen LogP contribution >= 0.6 is 0 Å². The lowest BCUT2D eigenvalue weighted by molar-refractivity contribution is 0.185. The van der Waals surface area contributed by atoms with Gasteiger partial charge in [-0.3, -0.25) is 0 Å². The van der Waals surface area contributed by atoms with E-state index in [2.05, 4.69) is 22.8 Å². The summed E-state index contributed by atoms with van der Waals surface area (Å²) in [5.74, 6) is 1.03. The van der Waals surface area contributed by atoms with Crippen LogP contribution in [0.4, 0.5) is 0 Å². The van der Waals surface area contributed by atoms with E-state index in [9.17, 15) is 0 Å². The maximum absolute atomic E-state index is 6.59. The van der Waals surface area contributed by atoms with Gasteiger partial charge in [0.2, 0.25) is 0 Å². The number of para-hydroxylation sites is 2. The van der Waals surface area contributed by atoms with E-state index >= 15 is 0 Å². The van der Waals surface area contributed by atoms with Gasteiger partial charge in [0.15, 0.2) is 0 Å². The highest BCUT2D eigenvalue weighted by Gasteiger charge is 2.36. The molecule has 1 fully saturated rings. The maximum Gasteiger partial charge on any atom is 0.130 e. The molecule has 0 aliphatic heterocycles. The Labute approximate surface area is 113 Å². The lowest BCUT2D eigenvalue weighted by Gasteiger charge is -2.24. The van der Waals surface area contributed by atoms with Gasteiger partial charge in [-0.25, -0.2) is 4.98 Å². The van der Waals surface area contributed by atoms with E-state index in [1.807, 2.05) is 6.07 Å². The summed E-state index contributed by atoms with van der Waals surface area (Å²) in [6.45, 7) is 1.49. The number of hydrogen-bond acceptors (Lipinski definition) is 3. The number of methoxy groups -OCH3 is 1. The van der Waals surface area contributed by atoms with Gasteiger partial charge in [0.05, 0.1) is 23.2 Å². The predicted molar refractivity (Wildman–Crippen MR) is 75.9 cm³/mol. The predicted octanol–water partition coefficient (Wildman–Crippen LogP) is 2.41. The summed E-state index contributed by atoms with van der Waals surface area (Å²) in [6.07, 6.45) is 4.46. The number of imidazole rings is 1. The van der Waals surface area contributed by atoms with Gasteiger partial charge in [-0.15, -0.1) is 0 Å². The molecule has 1 saturated carbocycles. The molecule has 0 bridgehead atoms. The molecule has 1 aromatic heterocycles. The molecule has 4 heteroatoms. The first-order chi connectivity index (χ1) is 9.24. The molecular formula is C15H21N3O. The molecule has 19 heavy (non-hydrogen) atoms. The maximum atomic E-state index is 6.59. The fourth-order valence-electron chi connectivity index (χ4n) is 3.09. The van der Waals surface area contributed by atoms with Crippen LogP contribution in [0.25, 0.3) is 11.0 Å². The van der Waals surface area contributed by atoms with Crippen molar-refractivity contribution in [2.45, 2.75) is 37.8 Å². The SMILES string of the molecule is COCCn1c(C2(N)CCCC2)nc2ccccc21. The van der Waals surface area contributed by atoms with Crippen molar-refractivity contribution in [3.8, 4) is 0 Å². The molecular weight excluding hydrogens is 238 g/mol. The first-order valence-corrected chi connectivity index (χ1v) is 6.98. The molecule has 1 aromatic carbocycles. The quantitative estimate of drug-likeness (QED) is 0.917. The Morgan fingerprint density at radius 1 is 1.32 bits per heavy atom. The lowest BCUT2D eigenvalue weighted by Crippen LogP contribution is -2.36. The van der Waals surface area contributed by atoms with Crippen molar-refractivity contribution in [2.24, 2.45) is 5.73 Å². The number of aromatic nitrogens is 2. The third kappa shape index (κ3) is 2.15. The minimum atomic E-state index is -0.257. The summed E-state index contributed by atoms with van der Waals surface area (Å²) >= 11 is 0. The zero-order valence-electron chi connectivity index (χ0n) is 11.4. The van der Waals surface area contributed by atoms with Gasteiger partial charge in [0, 0.05) is 13.7 Å². The summed E-state index contributed by atoms with van der Waals surface area (Å²) in [4.78, 5) is 4.80. The molecule has 0 radical (unpaired) electrons. The Bertz CT molecular complexity index is 570. The van der Waals surface area contributed by atoms with Gasteiger partial charge >= 0.3 is 0 Å². The van der Waals surface area contributed by atoms with Crippen LogP contribution in [0, 0.1) is 0 Å². The first kappa shape index (κ1) is 12.6. The zero-order chi connectivity index (χ0) is 13.3. The Kier molecular flexibility index (Phi) is 3.29. The number of fused-ring (bicyclic) bond motifs is 1. The molecule has 3 rings (SSSR count). The van der Waals surface area contributed by atoms with Crippen molar-refractivity contribution in [1.29, 1.82) is 0 Å². The van der Waals surface area contributed by atoms with E-state index < -0.39 is 0 Å². The van der Waals surface area contributed by atoms with Crippen LogP contribution in [0.2, 0.25) is 0 Å². The van der Waals surface area contributed by atoms with Crippen molar-refractivity contribution >= 4 is 11.0 Å². The molecule has 2 aromatic rings. The normalized spacial score (nSPS) is 18.2. The second kappa shape index (κ2) is 4.94. The van der Waals surface area contributed by atoms with Crippen LogP contribution < -0.4 is 5.73 Å². The van der Waals surface area contributed by atoms with E-state index in [4.69, 9.17) is 15.5 Å². The highest BCUT2D eigenvalue weighted by Crippen LogP contribution is 2.37. The second-order valence-electron chi connectivity index (χ2n) is 5.43. The van der Waals surface area contributed by atoms with Gasteiger partial charge in [-0.05, 0) is 25.0 Å². The van der Waals surface area contributed by atoms with Gasteiger partial charge in [0.25, 0.3) is 0 Å². The van der Waals surface area contributed by atoms with Gasteiger partial charge in [-0.1, -0.05) is 25.0 Å². The number of hydrogen-bond donors (Lipinski definition) is 1. The summed E-state index contributed by atoms with van der Waals surface area (Å²) in [7, 11) is 1.73. The molecule has 1 aliphatic rings. The largest absolute Gasteiger partial charge is 0.383 e. The van der Waals surface area contributed by atoms with Crippen LogP contribution in [0.3, 0.4) is 0 Å². The number of ether oxygens (including phenoxy) is 1. The lowest BCUT2D eigenvalue weighted by atomic mass is 9.98. The summed E-state index contributed by atoms with van der Waals surface area (Å²) in [5, 5.41) is 0. The van der Waals surface area contributed by atoms with Crippen LogP contribution in [-0.2, 0) is 16.8 Å². The minimum absolute atomic E-state index is 0.257. The third-order valence-corrected chi connectivity index (χ3v) is 4.11. The van der Waals surface area contributed by atoms with Crippen LogP contribution in [-0.4, -0.2) is 23.3 Å². The Morgan fingerprint density at radius 2 is 2.05 bits per heavy atom. The van der Waals surface area contributed by atoms with E-state index in [1.54, 1.807) is 7.11 Å². The highest BCUT2D eigenvalue weighted by molar-refractivity contribution is 5.76. The van der Waals surface area contributed by atoms with Crippen molar-refractivity contribution in [1.82, 2.24) is 9.55 Å². The number of rotatable bonds is 4. The topological polar surface area (TPSA) is 53.1 Å². The summed E-state index contributed by atoms with van der Waals surface area (Å²) in [6, 6.07) is 8.24. The first-order valence-electron chi connectivity index (χ1n) is 6.98. The molecule has 1 heterocycles. The van der Waals surface area contributed by atoms with E-state index in [1.165, 1.54) is 12.8 Å². The highest BCUT2D eigenvalue weighted by atomic mass is 16.5. The monoisotopic (exact) mass is 259 g/mol. The third-order valence-electron chi connectivity index (χ3n) is 4.11. The van der Waals surface area contributed by atoms with E-state index in [0.29, 0.717) is 6.61 Å². The summed E-state index contributed by atoms with van der Waals surface area (Å²) in [5.41, 5.74) is 8.53. The van der Waals surface area contributed by atoms with E-state index in [-0.39, 0.29) is 5.54 Å². The van der Waals surface area contributed by atoms with Crippen molar-refractivity contribution in [3.05, 3.63) is 30.1 Å². The smallest absolute Gasteiger partial charge is 0.130 e. The molecule has 102 valence electrons.